The largest absolute Gasteiger partial charge is 0.496 e. The lowest BCUT2D eigenvalue weighted by molar-refractivity contribution is 0.411. The van der Waals surface area contributed by atoms with E-state index in [4.69, 9.17) is 4.74 Å². The van der Waals surface area contributed by atoms with Gasteiger partial charge in [0.1, 0.15) is 11.6 Å². The lowest BCUT2D eigenvalue weighted by atomic mass is 10.0. The van der Waals surface area contributed by atoms with Gasteiger partial charge in [0.05, 0.1) is 12.0 Å². The van der Waals surface area contributed by atoms with E-state index in [0.29, 0.717) is 6.42 Å². The Hall–Kier alpha value is -1.92. The van der Waals surface area contributed by atoms with Gasteiger partial charge in [-0.25, -0.2) is 17.5 Å². The molecular weight excluding hydrogens is 317 g/mol. The van der Waals surface area contributed by atoms with Crippen LogP contribution in [-0.4, -0.2) is 15.5 Å². The number of rotatable bonds is 6. The average Bonchev–Trinajstić information content (AvgIpc) is 2.53. The number of halogens is 1. The number of sulfonamides is 1. The highest BCUT2D eigenvalue weighted by molar-refractivity contribution is 7.89. The zero-order valence-electron chi connectivity index (χ0n) is 13.3. The molecule has 1 N–H and O–H groups in total. The maximum atomic E-state index is 13.0. The third-order valence-corrected chi connectivity index (χ3v) is 5.14. The molecule has 0 fully saturated rings. The third kappa shape index (κ3) is 4.09. The average molecular weight is 337 g/mol. The Morgan fingerprint density at radius 3 is 2.35 bits per heavy atom. The minimum absolute atomic E-state index is 0.0441. The molecule has 0 radical (unpaired) electrons. The molecule has 0 spiro atoms. The maximum absolute atomic E-state index is 13.0. The van der Waals surface area contributed by atoms with Crippen LogP contribution in [-0.2, 0) is 10.0 Å². The third-order valence-electron chi connectivity index (χ3n) is 3.65. The number of nitrogens with one attached hydrogen (secondary N) is 1. The van der Waals surface area contributed by atoms with Crippen LogP contribution in [0.5, 0.6) is 5.75 Å². The molecule has 2 aromatic rings. The summed E-state index contributed by atoms with van der Waals surface area (Å²) in [5.41, 5.74) is 1.79. The maximum Gasteiger partial charge on any atom is 0.241 e. The Balaban J connectivity index is 2.28. The Morgan fingerprint density at radius 2 is 1.83 bits per heavy atom. The highest BCUT2D eigenvalue weighted by Crippen LogP contribution is 2.25. The smallest absolute Gasteiger partial charge is 0.241 e. The van der Waals surface area contributed by atoms with E-state index in [0.717, 1.165) is 29.0 Å². The zero-order valence-corrected chi connectivity index (χ0v) is 14.2. The van der Waals surface area contributed by atoms with Gasteiger partial charge < -0.3 is 4.74 Å². The Bertz CT molecular complexity index is 773. The van der Waals surface area contributed by atoms with E-state index in [1.54, 1.807) is 7.11 Å². The molecule has 23 heavy (non-hydrogen) atoms. The molecule has 0 saturated heterocycles. The van der Waals surface area contributed by atoms with Crippen molar-refractivity contribution < 1.29 is 17.5 Å². The number of aryl methyl sites for hydroxylation is 1. The molecule has 2 rings (SSSR count). The molecule has 0 bridgehead atoms. The van der Waals surface area contributed by atoms with Crippen LogP contribution < -0.4 is 9.46 Å². The summed E-state index contributed by atoms with van der Waals surface area (Å²) in [6.45, 7) is 3.81. The second-order valence-corrected chi connectivity index (χ2v) is 6.98. The fourth-order valence-corrected chi connectivity index (χ4v) is 3.68. The van der Waals surface area contributed by atoms with Gasteiger partial charge in [-0.1, -0.05) is 19.1 Å². The predicted octanol–water partition coefficient (Wildman–Crippen LogP) is 3.57. The molecule has 0 amide bonds. The summed E-state index contributed by atoms with van der Waals surface area (Å²) in [6, 6.07) is 9.97. The molecule has 2 aromatic carbocycles. The number of ether oxygens (including phenoxy) is 1. The number of methoxy groups -OCH3 is 1. The molecule has 0 saturated carbocycles. The Labute approximate surface area is 136 Å². The van der Waals surface area contributed by atoms with E-state index in [1.807, 2.05) is 32.0 Å². The van der Waals surface area contributed by atoms with Crippen molar-refractivity contribution in [2.75, 3.05) is 7.11 Å². The summed E-state index contributed by atoms with van der Waals surface area (Å²) in [4.78, 5) is 0.0441. The van der Waals surface area contributed by atoms with Crippen LogP contribution in [0.25, 0.3) is 0 Å². The molecular formula is C17H20FNO3S. The van der Waals surface area contributed by atoms with Crippen LogP contribution in [0.1, 0.15) is 30.5 Å². The van der Waals surface area contributed by atoms with Crippen molar-refractivity contribution in [3.05, 3.63) is 59.4 Å². The first kappa shape index (κ1) is 17.4. The SMILES string of the molecule is CC[C@H](NS(=O)(=O)c1ccc(F)cc1)c1ccc(OC)c(C)c1. The van der Waals surface area contributed by atoms with Gasteiger partial charge in [-0.15, -0.1) is 0 Å². The molecule has 0 aliphatic rings. The van der Waals surface area contributed by atoms with Crippen LogP contribution >= 0.6 is 0 Å². The van der Waals surface area contributed by atoms with Crippen LogP contribution in [0.2, 0.25) is 0 Å². The summed E-state index contributed by atoms with van der Waals surface area (Å²) in [5.74, 6) is 0.284. The molecule has 0 aromatic heterocycles. The first-order valence-electron chi connectivity index (χ1n) is 7.30. The van der Waals surface area contributed by atoms with Crippen molar-refractivity contribution in [1.29, 1.82) is 0 Å². The van der Waals surface area contributed by atoms with Gasteiger partial charge in [-0.2, -0.15) is 0 Å². The van der Waals surface area contributed by atoms with E-state index in [9.17, 15) is 12.8 Å². The standard InChI is InChI=1S/C17H20FNO3S/c1-4-16(13-5-10-17(22-3)12(2)11-13)19-23(20,21)15-8-6-14(18)7-9-15/h5-11,16,19H,4H2,1-3H3/t16-/m0/s1. The van der Waals surface area contributed by atoms with Gasteiger partial charge in [0.15, 0.2) is 0 Å². The van der Waals surface area contributed by atoms with Crippen LogP contribution in [0.3, 0.4) is 0 Å². The minimum Gasteiger partial charge on any atom is -0.496 e. The fraction of sp³-hybridized carbons (Fsp3) is 0.294. The Kier molecular flexibility index (Phi) is 5.38. The van der Waals surface area contributed by atoms with E-state index in [-0.39, 0.29) is 10.9 Å². The van der Waals surface area contributed by atoms with Crippen LogP contribution in [0.4, 0.5) is 4.39 Å². The lowest BCUT2D eigenvalue weighted by Gasteiger charge is -2.19. The van der Waals surface area contributed by atoms with Crippen molar-refractivity contribution in [3.63, 3.8) is 0 Å². The summed E-state index contributed by atoms with van der Waals surface area (Å²) < 4.78 is 45.7. The van der Waals surface area contributed by atoms with Gasteiger partial charge in [0.25, 0.3) is 0 Å². The topological polar surface area (TPSA) is 55.4 Å². The monoisotopic (exact) mass is 337 g/mol. The van der Waals surface area contributed by atoms with Crippen molar-refractivity contribution in [2.45, 2.75) is 31.2 Å². The molecule has 6 heteroatoms. The molecule has 1 atom stereocenters. The molecule has 0 heterocycles. The van der Waals surface area contributed by atoms with Gasteiger partial charge in [0.2, 0.25) is 10.0 Å². The van der Waals surface area contributed by atoms with Crippen molar-refractivity contribution >= 4 is 10.0 Å². The lowest BCUT2D eigenvalue weighted by Crippen LogP contribution is -2.28. The molecule has 4 nitrogen and oxygen atoms in total. The van der Waals surface area contributed by atoms with Crippen LogP contribution in [0, 0.1) is 12.7 Å². The predicted molar refractivity (Wildman–Crippen MR) is 87.5 cm³/mol. The minimum atomic E-state index is -3.71. The second kappa shape index (κ2) is 7.10. The Morgan fingerprint density at radius 1 is 1.17 bits per heavy atom. The second-order valence-electron chi connectivity index (χ2n) is 5.27. The molecule has 0 aliphatic heterocycles. The normalized spacial score (nSPS) is 12.9. The molecule has 0 unspecified atom stereocenters. The van der Waals surface area contributed by atoms with E-state index in [2.05, 4.69) is 4.72 Å². The number of hydrogen-bond acceptors (Lipinski definition) is 3. The molecule has 0 aliphatic carbocycles. The molecule has 124 valence electrons. The zero-order chi connectivity index (χ0) is 17.0. The first-order chi connectivity index (χ1) is 10.9. The summed E-state index contributed by atoms with van der Waals surface area (Å²) in [7, 11) is -2.12. The van der Waals surface area contributed by atoms with E-state index >= 15 is 0 Å². The summed E-state index contributed by atoms with van der Waals surface area (Å²) in [5, 5.41) is 0. The van der Waals surface area contributed by atoms with E-state index < -0.39 is 15.8 Å². The van der Waals surface area contributed by atoms with Crippen molar-refractivity contribution in [1.82, 2.24) is 4.72 Å². The highest BCUT2D eigenvalue weighted by atomic mass is 32.2. The number of hydrogen-bond donors (Lipinski definition) is 1. The van der Waals surface area contributed by atoms with Crippen LogP contribution in [0.15, 0.2) is 47.4 Å². The summed E-state index contributed by atoms with van der Waals surface area (Å²) >= 11 is 0. The summed E-state index contributed by atoms with van der Waals surface area (Å²) in [6.07, 6.45) is 0.589. The van der Waals surface area contributed by atoms with Crippen molar-refractivity contribution in [3.8, 4) is 5.75 Å². The first-order valence-corrected chi connectivity index (χ1v) is 8.78. The highest BCUT2D eigenvalue weighted by Gasteiger charge is 2.20. The van der Waals surface area contributed by atoms with E-state index in [1.165, 1.54) is 12.1 Å². The fourth-order valence-electron chi connectivity index (χ4n) is 2.37. The van der Waals surface area contributed by atoms with Gasteiger partial charge in [-0.3, -0.25) is 0 Å². The quantitative estimate of drug-likeness (QED) is 0.877. The number of benzene rings is 2. The van der Waals surface area contributed by atoms with Gasteiger partial charge in [0, 0.05) is 6.04 Å². The van der Waals surface area contributed by atoms with Gasteiger partial charge >= 0.3 is 0 Å². The van der Waals surface area contributed by atoms with Gasteiger partial charge in [-0.05, 0) is 54.8 Å². The van der Waals surface area contributed by atoms with Crippen molar-refractivity contribution in [2.24, 2.45) is 0 Å².